The van der Waals surface area contributed by atoms with Crippen molar-refractivity contribution in [2.75, 3.05) is 26.3 Å². The zero-order valence-electron chi connectivity index (χ0n) is 18.1. The van der Waals surface area contributed by atoms with Gasteiger partial charge in [0.25, 0.3) is 5.91 Å². The Balaban J connectivity index is 1.29. The van der Waals surface area contributed by atoms with Crippen LogP contribution in [0, 0.1) is 5.92 Å². The maximum atomic E-state index is 13.3. The van der Waals surface area contributed by atoms with Crippen LogP contribution in [0.5, 0.6) is 11.8 Å². The molecule has 2 aromatic carbocycles. The zero-order valence-corrected chi connectivity index (χ0v) is 18.1. The standard InChI is InChI=1S/C26H24N4O3/c31-25(22-4-1-6-23(16-22)33-26-28-10-3-11-29-26)30-12-13-32-18-20(17-30)14-19-7-8-24-21(15-19)5-2-9-27-24/h1-11,15-16,20H,12-14,17-18H2. The van der Waals surface area contributed by atoms with Gasteiger partial charge in [-0.05, 0) is 54.4 Å². The minimum atomic E-state index is -0.0346. The lowest BCUT2D eigenvalue weighted by atomic mass is 9.98. The molecule has 1 saturated heterocycles. The molecule has 1 atom stereocenters. The molecule has 5 rings (SSSR count). The molecular formula is C26H24N4O3. The van der Waals surface area contributed by atoms with Gasteiger partial charge in [0.15, 0.2) is 0 Å². The van der Waals surface area contributed by atoms with E-state index in [0.29, 0.717) is 37.6 Å². The number of pyridine rings is 1. The van der Waals surface area contributed by atoms with Crippen LogP contribution < -0.4 is 4.74 Å². The van der Waals surface area contributed by atoms with E-state index in [-0.39, 0.29) is 17.8 Å². The third kappa shape index (κ3) is 5.15. The van der Waals surface area contributed by atoms with Gasteiger partial charge in [0.2, 0.25) is 0 Å². The van der Waals surface area contributed by atoms with Crippen molar-refractivity contribution >= 4 is 16.8 Å². The second kappa shape index (κ2) is 9.75. The average Bonchev–Trinajstić information content (AvgIpc) is 3.10. The molecule has 0 saturated carbocycles. The monoisotopic (exact) mass is 440 g/mol. The van der Waals surface area contributed by atoms with Crippen molar-refractivity contribution in [2.24, 2.45) is 5.92 Å². The summed E-state index contributed by atoms with van der Waals surface area (Å²) in [6, 6.07) is 19.4. The van der Waals surface area contributed by atoms with E-state index in [1.165, 1.54) is 5.56 Å². The number of nitrogens with zero attached hydrogens (tertiary/aromatic N) is 4. The summed E-state index contributed by atoms with van der Waals surface area (Å²) in [7, 11) is 0. The van der Waals surface area contributed by atoms with E-state index in [0.717, 1.165) is 17.3 Å². The van der Waals surface area contributed by atoms with Gasteiger partial charge < -0.3 is 14.4 Å². The fraction of sp³-hybridized carbons (Fsp3) is 0.231. The highest BCUT2D eigenvalue weighted by Crippen LogP contribution is 2.22. The van der Waals surface area contributed by atoms with Crippen LogP contribution in [0.1, 0.15) is 15.9 Å². The Labute approximate surface area is 192 Å². The fourth-order valence-electron chi connectivity index (χ4n) is 4.09. The van der Waals surface area contributed by atoms with Crippen molar-refractivity contribution in [3.63, 3.8) is 0 Å². The first kappa shape index (κ1) is 21.0. The molecule has 7 heteroatoms. The lowest BCUT2D eigenvalue weighted by Gasteiger charge is -2.24. The normalized spacial score (nSPS) is 16.4. The van der Waals surface area contributed by atoms with E-state index < -0.39 is 0 Å². The summed E-state index contributed by atoms with van der Waals surface area (Å²) >= 11 is 0. The molecule has 0 radical (unpaired) electrons. The lowest BCUT2D eigenvalue weighted by Crippen LogP contribution is -2.36. The Kier molecular flexibility index (Phi) is 6.21. The minimum absolute atomic E-state index is 0.0346. The second-order valence-electron chi connectivity index (χ2n) is 8.09. The Morgan fingerprint density at radius 2 is 1.88 bits per heavy atom. The molecule has 0 bridgehead atoms. The maximum Gasteiger partial charge on any atom is 0.321 e. The van der Waals surface area contributed by atoms with Crippen molar-refractivity contribution in [3.8, 4) is 11.8 Å². The second-order valence-corrected chi connectivity index (χ2v) is 8.09. The van der Waals surface area contributed by atoms with Crippen LogP contribution >= 0.6 is 0 Å². The van der Waals surface area contributed by atoms with E-state index in [2.05, 4.69) is 33.2 Å². The van der Waals surface area contributed by atoms with Gasteiger partial charge in [-0.15, -0.1) is 0 Å². The molecule has 0 N–H and O–H groups in total. The van der Waals surface area contributed by atoms with Crippen LogP contribution in [0.4, 0.5) is 0 Å². The van der Waals surface area contributed by atoms with Crippen LogP contribution in [0.15, 0.2) is 79.3 Å². The number of fused-ring (bicyclic) bond motifs is 1. The third-order valence-electron chi connectivity index (χ3n) is 5.65. The quantitative estimate of drug-likeness (QED) is 0.464. The van der Waals surface area contributed by atoms with Crippen LogP contribution in [-0.4, -0.2) is 52.1 Å². The molecule has 1 aliphatic rings. The van der Waals surface area contributed by atoms with Crippen molar-refractivity contribution in [1.29, 1.82) is 0 Å². The van der Waals surface area contributed by atoms with Gasteiger partial charge in [0.1, 0.15) is 5.75 Å². The van der Waals surface area contributed by atoms with Gasteiger partial charge in [-0.3, -0.25) is 9.78 Å². The Hall–Kier alpha value is -3.84. The summed E-state index contributed by atoms with van der Waals surface area (Å²) in [4.78, 5) is 27.7. The summed E-state index contributed by atoms with van der Waals surface area (Å²) in [5.74, 6) is 0.704. The number of carbonyl (C=O) groups is 1. The van der Waals surface area contributed by atoms with Crippen LogP contribution in [0.3, 0.4) is 0 Å². The Morgan fingerprint density at radius 3 is 2.79 bits per heavy atom. The van der Waals surface area contributed by atoms with E-state index >= 15 is 0 Å². The first-order chi connectivity index (χ1) is 16.2. The van der Waals surface area contributed by atoms with Gasteiger partial charge in [-0.1, -0.05) is 18.2 Å². The zero-order chi connectivity index (χ0) is 22.5. The molecule has 1 fully saturated rings. The van der Waals surface area contributed by atoms with Crippen molar-refractivity contribution in [1.82, 2.24) is 19.9 Å². The highest BCUT2D eigenvalue weighted by molar-refractivity contribution is 5.94. The average molecular weight is 441 g/mol. The largest absolute Gasteiger partial charge is 0.424 e. The molecule has 33 heavy (non-hydrogen) atoms. The topological polar surface area (TPSA) is 77.4 Å². The van der Waals surface area contributed by atoms with Gasteiger partial charge in [0, 0.05) is 48.5 Å². The minimum Gasteiger partial charge on any atom is -0.424 e. The maximum absolute atomic E-state index is 13.3. The number of rotatable bonds is 5. The molecule has 3 heterocycles. The number of hydrogen-bond acceptors (Lipinski definition) is 6. The predicted octanol–water partition coefficient (Wildman–Crippen LogP) is 4.15. The molecular weight excluding hydrogens is 416 g/mol. The van der Waals surface area contributed by atoms with E-state index in [4.69, 9.17) is 9.47 Å². The van der Waals surface area contributed by atoms with Gasteiger partial charge in [-0.2, -0.15) is 0 Å². The molecule has 1 amide bonds. The molecule has 166 valence electrons. The number of aromatic nitrogens is 3. The number of amides is 1. The third-order valence-corrected chi connectivity index (χ3v) is 5.65. The van der Waals surface area contributed by atoms with Crippen LogP contribution in [0.2, 0.25) is 0 Å². The van der Waals surface area contributed by atoms with Crippen LogP contribution in [-0.2, 0) is 11.2 Å². The highest BCUT2D eigenvalue weighted by Gasteiger charge is 2.24. The summed E-state index contributed by atoms with van der Waals surface area (Å²) in [5, 5.41) is 1.12. The number of carbonyl (C=O) groups excluding carboxylic acids is 1. The smallest absolute Gasteiger partial charge is 0.321 e. The Bertz CT molecular complexity index is 1250. The van der Waals surface area contributed by atoms with E-state index in [1.807, 2.05) is 17.0 Å². The highest BCUT2D eigenvalue weighted by atomic mass is 16.5. The van der Waals surface area contributed by atoms with Crippen LogP contribution in [0.25, 0.3) is 10.9 Å². The molecule has 7 nitrogen and oxygen atoms in total. The van der Waals surface area contributed by atoms with Crippen molar-refractivity contribution in [2.45, 2.75) is 6.42 Å². The molecule has 0 spiro atoms. The fourth-order valence-corrected chi connectivity index (χ4v) is 4.09. The van der Waals surface area contributed by atoms with E-state index in [9.17, 15) is 4.79 Å². The van der Waals surface area contributed by atoms with Gasteiger partial charge >= 0.3 is 6.01 Å². The lowest BCUT2D eigenvalue weighted by molar-refractivity contribution is 0.0737. The van der Waals surface area contributed by atoms with Crippen molar-refractivity contribution in [3.05, 3.63) is 90.4 Å². The molecule has 2 aromatic heterocycles. The first-order valence-corrected chi connectivity index (χ1v) is 11.0. The molecule has 1 aliphatic heterocycles. The van der Waals surface area contributed by atoms with Crippen molar-refractivity contribution < 1.29 is 14.3 Å². The SMILES string of the molecule is O=C(c1cccc(Oc2ncccn2)c1)N1CCOCC(Cc2ccc3ncccc3c2)C1. The summed E-state index contributed by atoms with van der Waals surface area (Å²) in [6.45, 7) is 2.35. The van der Waals surface area contributed by atoms with E-state index in [1.54, 1.807) is 48.9 Å². The number of ether oxygens (including phenoxy) is 2. The Morgan fingerprint density at radius 1 is 1.00 bits per heavy atom. The molecule has 4 aromatic rings. The summed E-state index contributed by atoms with van der Waals surface area (Å²) in [6.07, 6.45) is 5.86. The number of hydrogen-bond donors (Lipinski definition) is 0. The summed E-state index contributed by atoms with van der Waals surface area (Å²) < 4.78 is 11.5. The van der Waals surface area contributed by atoms with Gasteiger partial charge in [-0.25, -0.2) is 9.97 Å². The summed E-state index contributed by atoms with van der Waals surface area (Å²) in [5.41, 5.74) is 2.77. The predicted molar refractivity (Wildman–Crippen MR) is 124 cm³/mol. The van der Waals surface area contributed by atoms with Gasteiger partial charge in [0.05, 0.1) is 18.7 Å². The number of benzene rings is 2. The molecule has 0 aliphatic carbocycles. The molecule has 1 unspecified atom stereocenters. The first-order valence-electron chi connectivity index (χ1n) is 11.0.